The number of ether oxygens (including phenoxy) is 1. The third-order valence-corrected chi connectivity index (χ3v) is 3.48. The van der Waals surface area contributed by atoms with Crippen molar-refractivity contribution in [3.63, 3.8) is 0 Å². The van der Waals surface area contributed by atoms with E-state index in [0.717, 1.165) is 18.9 Å². The van der Waals surface area contributed by atoms with Crippen molar-refractivity contribution in [2.45, 2.75) is 19.9 Å². The molecule has 1 aliphatic rings. The first-order valence-corrected chi connectivity index (χ1v) is 6.99. The molecule has 1 saturated heterocycles. The van der Waals surface area contributed by atoms with Gasteiger partial charge in [-0.05, 0) is 20.9 Å². The minimum atomic E-state index is -0.186. The molecule has 0 spiro atoms. The van der Waals surface area contributed by atoms with Crippen molar-refractivity contribution >= 4 is 23.4 Å². The summed E-state index contributed by atoms with van der Waals surface area (Å²) in [6.07, 6.45) is 0. The Morgan fingerprint density at radius 1 is 1.55 bits per heavy atom. The molecule has 110 valence electrons. The molecular weight excluding hydrogens is 280 g/mol. The van der Waals surface area contributed by atoms with Crippen LogP contribution in [0.15, 0.2) is 6.07 Å². The van der Waals surface area contributed by atoms with E-state index in [2.05, 4.69) is 14.9 Å². The predicted octanol–water partition coefficient (Wildman–Crippen LogP) is 1.12. The average molecular weight is 299 g/mol. The van der Waals surface area contributed by atoms with E-state index in [1.807, 2.05) is 25.8 Å². The van der Waals surface area contributed by atoms with Crippen molar-refractivity contribution in [2.24, 2.45) is 0 Å². The third-order valence-electron chi connectivity index (χ3n) is 3.29. The summed E-state index contributed by atoms with van der Waals surface area (Å²) in [6, 6.07) is 2.09. The summed E-state index contributed by atoms with van der Waals surface area (Å²) in [5.41, 5.74) is 0. The highest BCUT2D eigenvalue weighted by atomic mass is 35.5. The normalized spacial score (nSPS) is 15.3. The number of aromatic nitrogens is 2. The fraction of sp³-hybridized carbons (Fsp3) is 0.615. The number of halogens is 1. The number of hydrogen-bond donors (Lipinski definition) is 0. The van der Waals surface area contributed by atoms with E-state index < -0.39 is 0 Å². The summed E-state index contributed by atoms with van der Waals surface area (Å²) in [5.74, 6) is 1.31. The molecule has 0 amide bonds. The fourth-order valence-electron chi connectivity index (χ4n) is 2.14. The summed E-state index contributed by atoms with van der Waals surface area (Å²) in [4.78, 5) is 24.0. The van der Waals surface area contributed by atoms with Gasteiger partial charge in [0.1, 0.15) is 16.8 Å². The number of carbonyl (C=O) groups is 1. The van der Waals surface area contributed by atoms with Gasteiger partial charge < -0.3 is 9.64 Å². The van der Waals surface area contributed by atoms with Crippen LogP contribution in [0.2, 0.25) is 5.15 Å². The minimum absolute atomic E-state index is 0.186. The van der Waals surface area contributed by atoms with Gasteiger partial charge in [-0.25, -0.2) is 9.97 Å². The molecule has 0 N–H and O–H groups in total. The van der Waals surface area contributed by atoms with Gasteiger partial charge in [-0.1, -0.05) is 11.6 Å². The zero-order valence-corrected chi connectivity index (χ0v) is 12.7. The van der Waals surface area contributed by atoms with Crippen molar-refractivity contribution in [3.8, 4) is 0 Å². The summed E-state index contributed by atoms with van der Waals surface area (Å²) < 4.78 is 4.94. The topological polar surface area (TPSA) is 58.6 Å². The van der Waals surface area contributed by atoms with E-state index in [1.165, 1.54) is 0 Å². The van der Waals surface area contributed by atoms with Crippen LogP contribution in [0.1, 0.15) is 12.7 Å². The first kappa shape index (κ1) is 15.0. The van der Waals surface area contributed by atoms with Crippen LogP contribution in [0.5, 0.6) is 0 Å². The summed E-state index contributed by atoms with van der Waals surface area (Å²) in [6.45, 7) is 6.01. The van der Waals surface area contributed by atoms with Crippen LogP contribution in [0.25, 0.3) is 0 Å². The van der Waals surface area contributed by atoms with Gasteiger partial charge in [0.05, 0.1) is 13.2 Å². The Bertz CT molecular complexity index is 471. The molecule has 7 heteroatoms. The van der Waals surface area contributed by atoms with Gasteiger partial charge in [0.25, 0.3) is 0 Å². The van der Waals surface area contributed by atoms with E-state index in [1.54, 1.807) is 6.07 Å². The zero-order chi connectivity index (χ0) is 14.7. The van der Waals surface area contributed by atoms with Gasteiger partial charge in [-0.15, -0.1) is 0 Å². The highest BCUT2D eigenvalue weighted by molar-refractivity contribution is 6.29. The molecule has 0 aromatic carbocycles. The number of likely N-dealkylation sites (N-methyl/N-ethyl adjacent to an activating group) is 1. The van der Waals surface area contributed by atoms with Crippen molar-refractivity contribution in [1.29, 1.82) is 0 Å². The Labute approximate surface area is 123 Å². The van der Waals surface area contributed by atoms with Crippen molar-refractivity contribution < 1.29 is 9.53 Å². The van der Waals surface area contributed by atoms with Crippen molar-refractivity contribution in [2.75, 3.05) is 38.2 Å². The molecule has 0 atom stereocenters. The number of rotatable bonds is 5. The summed E-state index contributed by atoms with van der Waals surface area (Å²) in [5, 5.41) is 0.454. The molecule has 1 fully saturated rings. The molecule has 0 bridgehead atoms. The average Bonchev–Trinajstić information content (AvgIpc) is 2.25. The number of esters is 1. The van der Waals surface area contributed by atoms with E-state index in [4.69, 9.17) is 16.3 Å². The Hall–Kier alpha value is -1.40. The lowest BCUT2D eigenvalue weighted by atomic mass is 10.1. The van der Waals surface area contributed by atoms with Crippen LogP contribution in [0.4, 0.5) is 5.82 Å². The molecule has 0 aliphatic carbocycles. The standard InChI is InChI=1S/C13H19ClN4O2/c1-4-20-13(19)8-17(3)10-6-18(7-10)12-5-11(14)15-9(2)16-12/h5,10H,4,6-8H2,1-3H3. The van der Waals surface area contributed by atoms with Gasteiger partial charge in [-0.2, -0.15) is 0 Å². The first-order valence-electron chi connectivity index (χ1n) is 6.61. The van der Waals surface area contributed by atoms with Gasteiger partial charge in [0, 0.05) is 25.2 Å². The molecule has 2 heterocycles. The second kappa shape index (κ2) is 6.37. The maximum Gasteiger partial charge on any atom is 0.320 e. The van der Waals surface area contributed by atoms with Gasteiger partial charge in [-0.3, -0.25) is 9.69 Å². The van der Waals surface area contributed by atoms with Crippen molar-refractivity contribution in [3.05, 3.63) is 17.0 Å². The fourth-order valence-corrected chi connectivity index (χ4v) is 2.36. The molecule has 1 aromatic heterocycles. The molecule has 1 aliphatic heterocycles. The van der Waals surface area contributed by atoms with Gasteiger partial charge >= 0.3 is 5.97 Å². The lowest BCUT2D eigenvalue weighted by Crippen LogP contribution is -2.59. The monoisotopic (exact) mass is 298 g/mol. The Kier molecular flexibility index (Phi) is 4.77. The molecule has 2 rings (SSSR count). The molecule has 1 aromatic rings. The number of anilines is 1. The maximum absolute atomic E-state index is 11.4. The second-order valence-electron chi connectivity index (χ2n) is 4.88. The molecule has 6 nitrogen and oxygen atoms in total. The number of nitrogens with zero attached hydrogens (tertiary/aromatic N) is 4. The van der Waals surface area contributed by atoms with E-state index >= 15 is 0 Å². The SMILES string of the molecule is CCOC(=O)CN(C)C1CN(c2cc(Cl)nc(C)n2)C1. The van der Waals surface area contributed by atoms with E-state index in [0.29, 0.717) is 30.2 Å². The zero-order valence-electron chi connectivity index (χ0n) is 12.0. The molecule has 0 unspecified atom stereocenters. The minimum Gasteiger partial charge on any atom is -0.465 e. The van der Waals surface area contributed by atoms with Crippen LogP contribution >= 0.6 is 11.6 Å². The smallest absolute Gasteiger partial charge is 0.320 e. The Morgan fingerprint density at radius 3 is 2.85 bits per heavy atom. The molecule has 0 saturated carbocycles. The highest BCUT2D eigenvalue weighted by Gasteiger charge is 2.32. The maximum atomic E-state index is 11.4. The Balaban J connectivity index is 1.86. The van der Waals surface area contributed by atoms with Crippen LogP contribution in [-0.2, 0) is 9.53 Å². The van der Waals surface area contributed by atoms with E-state index in [9.17, 15) is 4.79 Å². The molecular formula is C13H19ClN4O2. The van der Waals surface area contributed by atoms with Crippen LogP contribution < -0.4 is 4.90 Å². The lowest BCUT2D eigenvalue weighted by molar-refractivity contribution is -0.144. The quantitative estimate of drug-likeness (QED) is 0.600. The van der Waals surface area contributed by atoms with E-state index in [-0.39, 0.29) is 5.97 Å². The van der Waals surface area contributed by atoms with Crippen LogP contribution in [0.3, 0.4) is 0 Å². The van der Waals surface area contributed by atoms with Gasteiger partial charge in [0.15, 0.2) is 0 Å². The number of hydrogen-bond acceptors (Lipinski definition) is 6. The third kappa shape index (κ3) is 3.58. The lowest BCUT2D eigenvalue weighted by Gasteiger charge is -2.44. The number of carbonyl (C=O) groups excluding carboxylic acids is 1. The van der Waals surface area contributed by atoms with Crippen LogP contribution in [-0.4, -0.2) is 60.2 Å². The molecule has 20 heavy (non-hydrogen) atoms. The first-order chi connectivity index (χ1) is 9.49. The highest BCUT2D eigenvalue weighted by Crippen LogP contribution is 2.23. The second-order valence-corrected chi connectivity index (χ2v) is 5.26. The van der Waals surface area contributed by atoms with Crippen molar-refractivity contribution in [1.82, 2.24) is 14.9 Å². The summed E-state index contributed by atoms with van der Waals surface area (Å²) >= 11 is 5.93. The van der Waals surface area contributed by atoms with Gasteiger partial charge in [0.2, 0.25) is 0 Å². The van der Waals surface area contributed by atoms with Crippen LogP contribution in [0, 0.1) is 6.92 Å². The Morgan fingerprint density at radius 2 is 2.25 bits per heavy atom. The number of aryl methyl sites for hydroxylation is 1. The largest absolute Gasteiger partial charge is 0.465 e. The summed E-state index contributed by atoms with van der Waals surface area (Å²) in [7, 11) is 1.93. The molecule has 0 radical (unpaired) electrons. The predicted molar refractivity (Wildman–Crippen MR) is 77.0 cm³/mol.